The summed E-state index contributed by atoms with van der Waals surface area (Å²) in [6.07, 6.45) is 6.92. The zero-order valence-electron chi connectivity index (χ0n) is 19.0. The monoisotopic (exact) mass is 441 g/mol. The lowest BCUT2D eigenvalue weighted by atomic mass is 9.80. The molecule has 2 heterocycles. The highest BCUT2D eigenvalue weighted by atomic mass is 19.1. The number of nitrogens with zero attached hydrogens (tertiary/aromatic N) is 3. The molecule has 172 valence electrons. The summed E-state index contributed by atoms with van der Waals surface area (Å²) in [6.45, 7) is 0.771. The van der Waals surface area contributed by atoms with E-state index < -0.39 is 5.41 Å². The standard InChI is InChI=1S/C25H32FN3O3/c1-28(2)24(31)25(16-20-15-22(27-32-20)18-8-4-3-5-9-18)12-13-29(17-25)23(30)14-19-10-6-7-11-21(19)26/h6-7,10-11,15,18H,3-5,8-9,12-14,16-17H2,1-2H3/t25-/m0/s1. The smallest absolute Gasteiger partial charge is 0.230 e. The van der Waals surface area contributed by atoms with E-state index in [1.54, 1.807) is 42.1 Å². The van der Waals surface area contributed by atoms with Crippen molar-refractivity contribution in [2.45, 2.75) is 57.3 Å². The Bertz CT molecular complexity index is 967. The van der Waals surface area contributed by atoms with Gasteiger partial charge in [-0.2, -0.15) is 0 Å². The van der Waals surface area contributed by atoms with Gasteiger partial charge in [0, 0.05) is 45.6 Å². The molecule has 0 spiro atoms. The molecule has 2 aliphatic rings. The van der Waals surface area contributed by atoms with Crippen molar-refractivity contribution in [3.63, 3.8) is 0 Å². The molecule has 6 nitrogen and oxygen atoms in total. The second kappa shape index (κ2) is 9.43. The molecule has 1 aliphatic carbocycles. The van der Waals surface area contributed by atoms with Crippen molar-refractivity contribution in [1.29, 1.82) is 0 Å². The Kier molecular flexibility index (Phi) is 6.63. The van der Waals surface area contributed by atoms with E-state index in [-0.39, 0.29) is 24.1 Å². The highest BCUT2D eigenvalue weighted by Crippen LogP contribution is 2.38. The molecule has 2 fully saturated rings. The van der Waals surface area contributed by atoms with Crippen LogP contribution >= 0.6 is 0 Å². The molecule has 2 aromatic rings. The van der Waals surface area contributed by atoms with Crippen LogP contribution in [-0.4, -0.2) is 54.0 Å². The van der Waals surface area contributed by atoms with Crippen molar-refractivity contribution in [1.82, 2.24) is 15.0 Å². The molecule has 1 aliphatic heterocycles. The summed E-state index contributed by atoms with van der Waals surface area (Å²) < 4.78 is 19.7. The van der Waals surface area contributed by atoms with Gasteiger partial charge in [0.25, 0.3) is 0 Å². The molecule has 2 amide bonds. The minimum absolute atomic E-state index is 0.00690. The maximum absolute atomic E-state index is 14.0. The Balaban J connectivity index is 1.49. The molecule has 32 heavy (non-hydrogen) atoms. The summed E-state index contributed by atoms with van der Waals surface area (Å²) in [5.41, 5.74) is 0.608. The van der Waals surface area contributed by atoms with Crippen LogP contribution in [-0.2, 0) is 22.4 Å². The second-order valence-electron chi connectivity index (χ2n) is 9.54. The highest BCUT2D eigenvalue weighted by Gasteiger charge is 2.47. The predicted molar refractivity (Wildman–Crippen MR) is 118 cm³/mol. The number of hydrogen-bond donors (Lipinski definition) is 0. The van der Waals surface area contributed by atoms with Crippen LogP contribution in [0.15, 0.2) is 34.9 Å². The van der Waals surface area contributed by atoms with E-state index in [4.69, 9.17) is 4.52 Å². The van der Waals surface area contributed by atoms with Crippen LogP contribution in [0.25, 0.3) is 0 Å². The number of hydrogen-bond acceptors (Lipinski definition) is 4. The molecule has 0 N–H and O–H groups in total. The van der Waals surface area contributed by atoms with Crippen LogP contribution in [0.2, 0.25) is 0 Å². The van der Waals surface area contributed by atoms with Crippen LogP contribution < -0.4 is 0 Å². The van der Waals surface area contributed by atoms with Gasteiger partial charge in [0.05, 0.1) is 17.5 Å². The summed E-state index contributed by atoms with van der Waals surface area (Å²) in [5.74, 6) is 0.569. The van der Waals surface area contributed by atoms with E-state index in [0.29, 0.717) is 43.2 Å². The van der Waals surface area contributed by atoms with Crippen molar-refractivity contribution >= 4 is 11.8 Å². The largest absolute Gasteiger partial charge is 0.361 e. The number of aromatic nitrogens is 1. The third-order valence-electron chi connectivity index (χ3n) is 6.98. The van der Waals surface area contributed by atoms with Gasteiger partial charge in [-0.3, -0.25) is 9.59 Å². The fourth-order valence-electron chi connectivity index (χ4n) is 5.21. The van der Waals surface area contributed by atoms with Gasteiger partial charge in [-0.25, -0.2) is 4.39 Å². The quantitative estimate of drug-likeness (QED) is 0.681. The van der Waals surface area contributed by atoms with Crippen LogP contribution in [0.3, 0.4) is 0 Å². The first kappa shape index (κ1) is 22.5. The molecule has 1 aromatic heterocycles. The number of likely N-dealkylation sites (tertiary alicyclic amines) is 1. The maximum atomic E-state index is 14.0. The molecule has 1 saturated heterocycles. The van der Waals surface area contributed by atoms with Gasteiger partial charge in [0.1, 0.15) is 11.6 Å². The van der Waals surface area contributed by atoms with Gasteiger partial charge in [-0.1, -0.05) is 42.6 Å². The lowest BCUT2D eigenvalue weighted by molar-refractivity contribution is -0.139. The van der Waals surface area contributed by atoms with Gasteiger partial charge < -0.3 is 14.3 Å². The van der Waals surface area contributed by atoms with Crippen LogP contribution in [0.1, 0.15) is 61.5 Å². The normalized spacial score (nSPS) is 21.7. The first-order chi connectivity index (χ1) is 15.4. The Morgan fingerprint density at radius 2 is 1.97 bits per heavy atom. The van der Waals surface area contributed by atoms with E-state index >= 15 is 0 Å². The molecule has 0 bridgehead atoms. The number of carbonyl (C=O) groups excluding carboxylic acids is 2. The van der Waals surface area contributed by atoms with Crippen LogP contribution in [0.5, 0.6) is 0 Å². The first-order valence-electron chi connectivity index (χ1n) is 11.6. The van der Waals surface area contributed by atoms with Crippen molar-refractivity contribution in [2.24, 2.45) is 5.41 Å². The van der Waals surface area contributed by atoms with Crippen molar-refractivity contribution < 1.29 is 18.5 Å². The summed E-state index contributed by atoms with van der Waals surface area (Å²) >= 11 is 0. The van der Waals surface area contributed by atoms with E-state index in [0.717, 1.165) is 18.5 Å². The fraction of sp³-hybridized carbons (Fsp3) is 0.560. The Morgan fingerprint density at radius 1 is 1.22 bits per heavy atom. The average Bonchev–Trinajstić information content (AvgIpc) is 3.44. The maximum Gasteiger partial charge on any atom is 0.230 e. The fourth-order valence-corrected chi connectivity index (χ4v) is 5.21. The molecule has 0 radical (unpaired) electrons. The molecule has 0 unspecified atom stereocenters. The van der Waals surface area contributed by atoms with Gasteiger partial charge in [0.2, 0.25) is 11.8 Å². The molecule has 4 rings (SSSR count). The first-order valence-corrected chi connectivity index (χ1v) is 11.6. The summed E-state index contributed by atoms with van der Waals surface area (Å²) in [4.78, 5) is 29.4. The molecular formula is C25H32FN3O3. The highest BCUT2D eigenvalue weighted by molar-refractivity contribution is 5.86. The minimum Gasteiger partial charge on any atom is -0.361 e. The van der Waals surface area contributed by atoms with E-state index in [9.17, 15) is 14.0 Å². The number of carbonyl (C=O) groups is 2. The summed E-state index contributed by atoms with van der Waals surface area (Å²) in [6, 6.07) is 8.33. The van der Waals surface area contributed by atoms with E-state index in [1.165, 1.54) is 25.3 Å². The van der Waals surface area contributed by atoms with Crippen molar-refractivity contribution in [2.75, 3.05) is 27.2 Å². The third kappa shape index (κ3) is 4.71. The average molecular weight is 442 g/mol. The molecule has 1 saturated carbocycles. The topological polar surface area (TPSA) is 66.7 Å². The van der Waals surface area contributed by atoms with Gasteiger partial charge in [-0.05, 0) is 30.9 Å². The van der Waals surface area contributed by atoms with Crippen LogP contribution in [0.4, 0.5) is 4.39 Å². The van der Waals surface area contributed by atoms with Crippen molar-refractivity contribution in [3.05, 3.63) is 53.2 Å². The molecule has 1 atom stereocenters. The number of rotatable bonds is 6. The Hall–Kier alpha value is -2.70. The molecule has 7 heteroatoms. The van der Waals surface area contributed by atoms with E-state index in [2.05, 4.69) is 5.16 Å². The Labute approximate surface area is 188 Å². The van der Waals surface area contributed by atoms with Crippen molar-refractivity contribution in [3.8, 4) is 0 Å². The molecular weight excluding hydrogens is 409 g/mol. The lowest BCUT2D eigenvalue weighted by Crippen LogP contribution is -2.44. The minimum atomic E-state index is -0.752. The lowest BCUT2D eigenvalue weighted by Gasteiger charge is -2.30. The van der Waals surface area contributed by atoms with Gasteiger partial charge in [0.15, 0.2) is 0 Å². The number of amides is 2. The predicted octanol–water partition coefficient (Wildman–Crippen LogP) is 3.95. The summed E-state index contributed by atoms with van der Waals surface area (Å²) in [5, 5.41) is 4.31. The second-order valence-corrected chi connectivity index (χ2v) is 9.54. The zero-order valence-corrected chi connectivity index (χ0v) is 19.0. The zero-order chi connectivity index (χ0) is 22.7. The number of benzene rings is 1. The number of halogens is 1. The Morgan fingerprint density at radius 3 is 2.69 bits per heavy atom. The van der Waals surface area contributed by atoms with Gasteiger partial charge >= 0.3 is 0 Å². The van der Waals surface area contributed by atoms with Crippen LogP contribution in [0, 0.1) is 11.2 Å². The van der Waals surface area contributed by atoms with Gasteiger partial charge in [-0.15, -0.1) is 0 Å². The SMILES string of the molecule is CN(C)C(=O)[C@]1(Cc2cc(C3CCCCC3)no2)CCN(C(=O)Cc2ccccc2F)C1. The summed E-state index contributed by atoms with van der Waals surface area (Å²) in [7, 11) is 3.48. The molecule has 1 aromatic carbocycles. The van der Waals surface area contributed by atoms with E-state index in [1.807, 2.05) is 6.07 Å². The third-order valence-corrected chi connectivity index (χ3v) is 6.98.